The van der Waals surface area contributed by atoms with Crippen LogP contribution in [-0.4, -0.2) is 24.0 Å². The number of amides is 1. The van der Waals surface area contributed by atoms with Gasteiger partial charge in [0, 0.05) is 24.0 Å². The first-order valence-corrected chi connectivity index (χ1v) is 10.5. The number of para-hydroxylation sites is 2. The Bertz CT molecular complexity index is 1020. The van der Waals surface area contributed by atoms with Crippen molar-refractivity contribution >= 4 is 28.6 Å². The number of halogens is 3. The highest BCUT2D eigenvalue weighted by Gasteiger charge is 2.30. The van der Waals surface area contributed by atoms with E-state index in [1.807, 2.05) is 24.3 Å². The number of nitrogens with one attached hydrogen (secondary N) is 1. The third-order valence-electron chi connectivity index (χ3n) is 4.98. The Labute approximate surface area is 176 Å². The standard InChI is InChI=1S/C22H20F3N3OS/c23-22(24,25)16-9-7-15(8-10-16)21-26-17(14-30-21)13-20(29)27-18-5-1-2-6-19(18)28-11-3-4-12-28/h1-2,5-10,14H,3-4,11-13H2,(H,27,29). The molecule has 0 radical (unpaired) electrons. The fourth-order valence-electron chi connectivity index (χ4n) is 3.49. The molecule has 8 heteroatoms. The summed E-state index contributed by atoms with van der Waals surface area (Å²) in [4.78, 5) is 19.2. The Kier molecular flexibility index (Phi) is 5.76. The fraction of sp³-hybridized carbons (Fsp3) is 0.273. The van der Waals surface area contributed by atoms with Crippen LogP contribution in [0.3, 0.4) is 0 Å². The van der Waals surface area contributed by atoms with Gasteiger partial charge in [-0.15, -0.1) is 11.3 Å². The van der Waals surface area contributed by atoms with Crippen molar-refractivity contribution in [1.29, 1.82) is 0 Å². The molecule has 1 aliphatic heterocycles. The Morgan fingerprint density at radius 1 is 1.07 bits per heavy atom. The van der Waals surface area contributed by atoms with Gasteiger partial charge in [0.15, 0.2) is 0 Å². The lowest BCUT2D eigenvalue weighted by Gasteiger charge is -2.21. The molecular weight excluding hydrogens is 411 g/mol. The molecule has 156 valence electrons. The lowest BCUT2D eigenvalue weighted by atomic mass is 10.1. The summed E-state index contributed by atoms with van der Waals surface area (Å²) in [6.45, 7) is 1.96. The Morgan fingerprint density at radius 3 is 2.47 bits per heavy atom. The normalized spacial score (nSPS) is 14.2. The molecule has 1 fully saturated rings. The van der Waals surface area contributed by atoms with E-state index in [1.165, 1.54) is 23.5 Å². The van der Waals surface area contributed by atoms with Gasteiger partial charge in [-0.25, -0.2) is 4.98 Å². The summed E-state index contributed by atoms with van der Waals surface area (Å²) in [5.41, 5.74) is 2.29. The summed E-state index contributed by atoms with van der Waals surface area (Å²) in [5.74, 6) is -0.175. The number of benzene rings is 2. The second-order valence-electron chi connectivity index (χ2n) is 7.16. The van der Waals surface area contributed by atoms with Gasteiger partial charge in [-0.05, 0) is 37.1 Å². The largest absolute Gasteiger partial charge is 0.416 e. The summed E-state index contributed by atoms with van der Waals surface area (Å²) < 4.78 is 38.1. The fourth-order valence-corrected chi connectivity index (χ4v) is 4.32. The van der Waals surface area contributed by atoms with E-state index >= 15 is 0 Å². The van der Waals surface area contributed by atoms with Crippen molar-refractivity contribution in [3.63, 3.8) is 0 Å². The van der Waals surface area contributed by atoms with Gasteiger partial charge < -0.3 is 10.2 Å². The molecule has 2 aromatic carbocycles. The van der Waals surface area contributed by atoms with Crippen LogP contribution in [0, 0.1) is 0 Å². The van der Waals surface area contributed by atoms with Crippen LogP contribution in [0.5, 0.6) is 0 Å². The summed E-state index contributed by atoms with van der Waals surface area (Å²) in [5, 5.41) is 5.32. The molecule has 0 unspecified atom stereocenters. The molecule has 0 spiro atoms. The molecule has 4 rings (SSSR count). The first-order valence-electron chi connectivity index (χ1n) is 9.66. The summed E-state index contributed by atoms with van der Waals surface area (Å²) >= 11 is 1.31. The number of aromatic nitrogens is 1. The summed E-state index contributed by atoms with van der Waals surface area (Å²) in [7, 11) is 0. The quantitative estimate of drug-likeness (QED) is 0.571. The van der Waals surface area contributed by atoms with Crippen LogP contribution < -0.4 is 10.2 Å². The molecule has 1 saturated heterocycles. The SMILES string of the molecule is O=C(Cc1csc(-c2ccc(C(F)(F)F)cc2)n1)Nc1ccccc1N1CCCC1. The van der Waals surface area contributed by atoms with Crippen molar-refractivity contribution in [2.24, 2.45) is 0 Å². The van der Waals surface area contributed by atoms with Crippen molar-refractivity contribution in [1.82, 2.24) is 4.98 Å². The minimum atomic E-state index is -4.37. The molecule has 1 aliphatic rings. The average Bonchev–Trinajstić information content (AvgIpc) is 3.40. The highest BCUT2D eigenvalue weighted by atomic mass is 32.1. The molecule has 1 N–H and O–H groups in total. The van der Waals surface area contributed by atoms with Gasteiger partial charge in [0.25, 0.3) is 0 Å². The van der Waals surface area contributed by atoms with E-state index in [1.54, 1.807) is 5.38 Å². The minimum Gasteiger partial charge on any atom is -0.370 e. The molecular formula is C22H20F3N3OS. The Hall–Kier alpha value is -2.87. The number of anilines is 2. The summed E-state index contributed by atoms with van der Waals surface area (Å²) in [6, 6.07) is 12.6. The predicted molar refractivity (Wildman–Crippen MR) is 113 cm³/mol. The van der Waals surface area contributed by atoms with Gasteiger partial charge in [-0.1, -0.05) is 24.3 Å². The highest BCUT2D eigenvalue weighted by molar-refractivity contribution is 7.13. The van der Waals surface area contributed by atoms with Crippen molar-refractivity contribution in [2.75, 3.05) is 23.3 Å². The maximum Gasteiger partial charge on any atom is 0.416 e. The van der Waals surface area contributed by atoms with Gasteiger partial charge in [0.1, 0.15) is 5.01 Å². The monoisotopic (exact) mass is 431 g/mol. The molecule has 0 aliphatic carbocycles. The first-order chi connectivity index (χ1) is 14.4. The zero-order valence-corrected chi connectivity index (χ0v) is 16.9. The number of thiazole rings is 1. The minimum absolute atomic E-state index is 0.103. The number of carbonyl (C=O) groups excluding carboxylic acids is 1. The second-order valence-corrected chi connectivity index (χ2v) is 8.01. The van der Waals surface area contributed by atoms with E-state index in [2.05, 4.69) is 15.2 Å². The van der Waals surface area contributed by atoms with Crippen LogP contribution in [0.1, 0.15) is 24.1 Å². The topological polar surface area (TPSA) is 45.2 Å². The molecule has 30 heavy (non-hydrogen) atoms. The zero-order valence-electron chi connectivity index (χ0n) is 16.1. The number of alkyl halides is 3. The zero-order chi connectivity index (χ0) is 21.1. The van der Waals surface area contributed by atoms with E-state index in [9.17, 15) is 18.0 Å². The number of carbonyl (C=O) groups is 1. The molecule has 1 amide bonds. The van der Waals surface area contributed by atoms with Crippen LogP contribution in [0.15, 0.2) is 53.9 Å². The molecule has 4 nitrogen and oxygen atoms in total. The lowest BCUT2D eigenvalue weighted by Crippen LogP contribution is -2.21. The summed E-state index contributed by atoms with van der Waals surface area (Å²) in [6.07, 6.45) is -1.97. The molecule has 0 bridgehead atoms. The predicted octanol–water partition coefficient (Wildman–Crippen LogP) is 5.61. The molecule has 3 aromatic rings. The Morgan fingerprint density at radius 2 is 1.77 bits per heavy atom. The number of rotatable bonds is 5. The van der Waals surface area contributed by atoms with Gasteiger partial charge in [-0.3, -0.25) is 4.79 Å². The molecule has 0 atom stereocenters. The number of hydrogen-bond acceptors (Lipinski definition) is 4. The van der Waals surface area contributed by atoms with E-state index in [-0.39, 0.29) is 12.3 Å². The third-order valence-corrected chi connectivity index (χ3v) is 5.92. The molecule has 2 heterocycles. The van der Waals surface area contributed by atoms with Crippen LogP contribution >= 0.6 is 11.3 Å². The van der Waals surface area contributed by atoms with Gasteiger partial charge in [0.2, 0.25) is 5.91 Å². The maximum atomic E-state index is 12.7. The molecule has 1 aromatic heterocycles. The number of nitrogens with zero attached hydrogens (tertiary/aromatic N) is 2. The van der Waals surface area contributed by atoms with E-state index in [0.717, 1.165) is 49.4 Å². The first kappa shape index (κ1) is 20.4. The van der Waals surface area contributed by atoms with Crippen molar-refractivity contribution < 1.29 is 18.0 Å². The average molecular weight is 431 g/mol. The van der Waals surface area contributed by atoms with E-state index in [0.29, 0.717) is 16.3 Å². The smallest absolute Gasteiger partial charge is 0.370 e. The maximum absolute atomic E-state index is 12.7. The number of hydrogen-bond donors (Lipinski definition) is 1. The van der Waals surface area contributed by atoms with Crippen LogP contribution in [-0.2, 0) is 17.4 Å². The van der Waals surface area contributed by atoms with Gasteiger partial charge >= 0.3 is 6.18 Å². The van der Waals surface area contributed by atoms with Crippen molar-refractivity contribution in [3.8, 4) is 10.6 Å². The van der Waals surface area contributed by atoms with Crippen molar-refractivity contribution in [2.45, 2.75) is 25.4 Å². The van der Waals surface area contributed by atoms with Crippen molar-refractivity contribution in [3.05, 3.63) is 65.2 Å². The highest BCUT2D eigenvalue weighted by Crippen LogP contribution is 2.32. The van der Waals surface area contributed by atoms with Crippen LogP contribution in [0.4, 0.5) is 24.5 Å². The third kappa shape index (κ3) is 4.64. The molecule has 0 saturated carbocycles. The van der Waals surface area contributed by atoms with Crippen LogP contribution in [0.2, 0.25) is 0 Å². The van der Waals surface area contributed by atoms with E-state index < -0.39 is 11.7 Å². The lowest BCUT2D eigenvalue weighted by molar-refractivity contribution is -0.137. The van der Waals surface area contributed by atoms with Gasteiger partial charge in [0.05, 0.1) is 29.1 Å². The Balaban J connectivity index is 1.42. The van der Waals surface area contributed by atoms with Crippen LogP contribution in [0.25, 0.3) is 10.6 Å². The second kappa shape index (κ2) is 8.47. The van der Waals surface area contributed by atoms with Gasteiger partial charge in [-0.2, -0.15) is 13.2 Å². The van der Waals surface area contributed by atoms with E-state index in [4.69, 9.17) is 0 Å².